The van der Waals surface area contributed by atoms with Gasteiger partial charge in [0.25, 0.3) is 5.91 Å². The summed E-state index contributed by atoms with van der Waals surface area (Å²) in [5, 5.41) is 12.1. The lowest BCUT2D eigenvalue weighted by molar-refractivity contribution is -0.170. The summed E-state index contributed by atoms with van der Waals surface area (Å²) in [6, 6.07) is 17.2. The summed E-state index contributed by atoms with van der Waals surface area (Å²) in [5.74, 6) is 0.0104. The Labute approximate surface area is 193 Å². The van der Waals surface area contributed by atoms with Crippen molar-refractivity contribution in [3.8, 4) is 11.3 Å². The van der Waals surface area contributed by atoms with E-state index in [2.05, 4.69) is 0 Å². The highest BCUT2D eigenvalue weighted by Gasteiger charge is 2.45. The van der Waals surface area contributed by atoms with Crippen molar-refractivity contribution < 1.29 is 14.6 Å². The van der Waals surface area contributed by atoms with Crippen LogP contribution in [0.5, 0.6) is 0 Å². The van der Waals surface area contributed by atoms with E-state index in [-0.39, 0.29) is 11.5 Å². The molecule has 2 aliphatic rings. The molecule has 5 nitrogen and oxygen atoms in total. The van der Waals surface area contributed by atoms with Crippen molar-refractivity contribution in [3.63, 3.8) is 0 Å². The summed E-state index contributed by atoms with van der Waals surface area (Å²) in [6.45, 7) is 3.68. The third-order valence-electron chi connectivity index (χ3n) is 6.80. The SMILES string of the molecule is CC1(O)CCOC2(CCN(C(=O)c3cc(-c4ccc(Cl)cc4)nc4ccccc34)CC2)C1. The molecule has 1 amide bonds. The minimum atomic E-state index is -0.695. The molecule has 32 heavy (non-hydrogen) atoms. The van der Waals surface area contributed by atoms with Crippen LogP contribution in [0.4, 0.5) is 0 Å². The Kier molecular flexibility index (Phi) is 5.44. The molecule has 1 unspecified atom stereocenters. The number of aromatic nitrogens is 1. The maximum atomic E-state index is 13.6. The van der Waals surface area contributed by atoms with Crippen LogP contribution in [-0.2, 0) is 4.74 Å². The number of likely N-dealkylation sites (tertiary alicyclic amines) is 1. The average Bonchev–Trinajstić information content (AvgIpc) is 2.78. The van der Waals surface area contributed by atoms with Gasteiger partial charge >= 0.3 is 0 Å². The van der Waals surface area contributed by atoms with E-state index in [9.17, 15) is 9.90 Å². The summed E-state index contributed by atoms with van der Waals surface area (Å²) >= 11 is 6.05. The first-order valence-corrected chi connectivity index (χ1v) is 11.5. The quantitative estimate of drug-likeness (QED) is 0.590. The molecule has 0 saturated carbocycles. The number of hydrogen-bond donors (Lipinski definition) is 1. The second kappa shape index (κ2) is 8.14. The molecule has 2 aliphatic heterocycles. The number of ether oxygens (including phenoxy) is 1. The van der Waals surface area contributed by atoms with Crippen molar-refractivity contribution in [2.45, 2.75) is 43.8 Å². The maximum Gasteiger partial charge on any atom is 0.254 e. The van der Waals surface area contributed by atoms with Gasteiger partial charge in [0.1, 0.15) is 0 Å². The number of piperidine rings is 1. The topological polar surface area (TPSA) is 62.7 Å². The third kappa shape index (κ3) is 4.13. The van der Waals surface area contributed by atoms with E-state index in [4.69, 9.17) is 21.3 Å². The maximum absolute atomic E-state index is 13.6. The van der Waals surface area contributed by atoms with Crippen LogP contribution >= 0.6 is 11.6 Å². The number of aliphatic hydroxyl groups is 1. The van der Waals surface area contributed by atoms with Crippen molar-refractivity contribution in [2.24, 2.45) is 0 Å². The Bertz CT molecular complexity index is 1150. The second-order valence-electron chi connectivity index (χ2n) is 9.33. The lowest BCUT2D eigenvalue weighted by Crippen LogP contribution is -2.54. The van der Waals surface area contributed by atoms with E-state index in [1.807, 2.05) is 66.4 Å². The number of para-hydroxylation sites is 1. The van der Waals surface area contributed by atoms with E-state index in [1.165, 1.54) is 0 Å². The van der Waals surface area contributed by atoms with Crippen molar-refractivity contribution in [1.29, 1.82) is 0 Å². The number of carbonyl (C=O) groups is 1. The number of amides is 1. The van der Waals surface area contributed by atoms with Gasteiger partial charge in [0.15, 0.2) is 0 Å². The van der Waals surface area contributed by atoms with Crippen LogP contribution in [0.3, 0.4) is 0 Å². The zero-order chi connectivity index (χ0) is 22.3. The minimum absolute atomic E-state index is 0.0104. The molecule has 1 spiro atoms. The average molecular weight is 451 g/mol. The number of benzene rings is 2. The normalized spacial score (nSPS) is 22.9. The number of nitrogens with zero attached hydrogens (tertiary/aromatic N) is 2. The minimum Gasteiger partial charge on any atom is -0.390 e. The van der Waals surface area contributed by atoms with Gasteiger partial charge in [-0.25, -0.2) is 4.98 Å². The monoisotopic (exact) mass is 450 g/mol. The molecular formula is C26H27ClN2O3. The lowest BCUT2D eigenvalue weighted by atomic mass is 9.78. The summed E-state index contributed by atoms with van der Waals surface area (Å²) < 4.78 is 6.11. The lowest BCUT2D eigenvalue weighted by Gasteiger charge is -2.48. The van der Waals surface area contributed by atoms with Gasteiger partial charge in [-0.05, 0) is 50.5 Å². The number of fused-ring (bicyclic) bond motifs is 1. The highest BCUT2D eigenvalue weighted by molar-refractivity contribution is 6.30. The molecule has 1 N–H and O–H groups in total. The largest absolute Gasteiger partial charge is 0.390 e. The molecule has 2 fully saturated rings. The van der Waals surface area contributed by atoms with Gasteiger partial charge in [0.2, 0.25) is 0 Å². The first-order valence-electron chi connectivity index (χ1n) is 11.2. The fourth-order valence-corrected chi connectivity index (χ4v) is 5.18. The number of rotatable bonds is 2. The number of pyridine rings is 1. The van der Waals surface area contributed by atoms with E-state index in [0.29, 0.717) is 43.1 Å². The van der Waals surface area contributed by atoms with E-state index < -0.39 is 5.60 Å². The predicted octanol–water partition coefficient (Wildman–Crippen LogP) is 5.09. The molecule has 6 heteroatoms. The van der Waals surface area contributed by atoms with E-state index >= 15 is 0 Å². The second-order valence-corrected chi connectivity index (χ2v) is 9.76. The van der Waals surface area contributed by atoms with Crippen LogP contribution in [0.25, 0.3) is 22.2 Å². The molecule has 1 aromatic heterocycles. The summed E-state index contributed by atoms with van der Waals surface area (Å²) in [4.78, 5) is 20.3. The molecule has 0 bridgehead atoms. The Morgan fingerprint density at radius 2 is 1.81 bits per heavy atom. The van der Waals surface area contributed by atoms with Gasteiger partial charge in [0, 0.05) is 35.5 Å². The Hall–Kier alpha value is -2.47. The zero-order valence-electron chi connectivity index (χ0n) is 18.2. The van der Waals surface area contributed by atoms with Crippen LogP contribution < -0.4 is 0 Å². The van der Waals surface area contributed by atoms with Gasteiger partial charge in [-0.1, -0.05) is 41.9 Å². The smallest absolute Gasteiger partial charge is 0.254 e. The van der Waals surface area contributed by atoms with Crippen molar-refractivity contribution >= 4 is 28.4 Å². The number of carbonyl (C=O) groups excluding carboxylic acids is 1. The van der Waals surface area contributed by atoms with Crippen LogP contribution in [0, 0.1) is 0 Å². The van der Waals surface area contributed by atoms with Crippen molar-refractivity contribution in [1.82, 2.24) is 9.88 Å². The van der Waals surface area contributed by atoms with E-state index in [1.54, 1.807) is 0 Å². The van der Waals surface area contributed by atoms with Gasteiger partial charge < -0.3 is 14.7 Å². The molecule has 1 atom stereocenters. The molecule has 3 heterocycles. The van der Waals surface area contributed by atoms with E-state index in [0.717, 1.165) is 35.0 Å². The zero-order valence-corrected chi connectivity index (χ0v) is 18.9. The molecule has 0 aliphatic carbocycles. The standard InChI is InChI=1S/C26H27ClN2O3/c1-25(31)12-15-32-26(17-25)10-13-29(14-11-26)24(30)21-16-23(18-6-8-19(27)9-7-18)28-22-5-3-2-4-20(21)22/h2-9,16,31H,10-15,17H2,1H3. The van der Waals surface area contributed by atoms with Gasteiger partial charge in [0.05, 0.1) is 34.6 Å². The molecular weight excluding hydrogens is 424 g/mol. The molecule has 3 aromatic rings. The van der Waals surface area contributed by atoms with Crippen LogP contribution in [0.1, 0.15) is 43.0 Å². The van der Waals surface area contributed by atoms with Crippen molar-refractivity contribution in [2.75, 3.05) is 19.7 Å². The first-order chi connectivity index (χ1) is 15.3. The van der Waals surface area contributed by atoms with Crippen molar-refractivity contribution in [3.05, 3.63) is 65.2 Å². The molecule has 166 valence electrons. The highest BCUT2D eigenvalue weighted by atomic mass is 35.5. The van der Waals surface area contributed by atoms with Gasteiger partial charge in [-0.2, -0.15) is 0 Å². The first kappa shape index (κ1) is 21.4. The Morgan fingerprint density at radius 1 is 1.09 bits per heavy atom. The summed E-state index contributed by atoms with van der Waals surface area (Å²) in [7, 11) is 0. The Balaban J connectivity index is 1.44. The number of hydrogen-bond acceptors (Lipinski definition) is 4. The van der Waals surface area contributed by atoms with Gasteiger partial charge in [-0.15, -0.1) is 0 Å². The molecule has 2 aromatic carbocycles. The summed E-state index contributed by atoms with van der Waals surface area (Å²) in [5.41, 5.74) is 2.11. The molecule has 0 radical (unpaired) electrons. The fourth-order valence-electron chi connectivity index (χ4n) is 5.05. The number of halogens is 1. The third-order valence-corrected chi connectivity index (χ3v) is 7.05. The van der Waals surface area contributed by atoms with Crippen LogP contribution in [-0.4, -0.2) is 51.8 Å². The van der Waals surface area contributed by atoms with Gasteiger partial charge in [-0.3, -0.25) is 4.79 Å². The van der Waals surface area contributed by atoms with Crippen LogP contribution in [0.2, 0.25) is 5.02 Å². The van der Waals surface area contributed by atoms with Crippen LogP contribution in [0.15, 0.2) is 54.6 Å². The molecule has 5 rings (SSSR count). The fraction of sp³-hybridized carbons (Fsp3) is 0.385. The summed E-state index contributed by atoms with van der Waals surface area (Å²) in [6.07, 6.45) is 2.76. The highest BCUT2D eigenvalue weighted by Crippen LogP contribution is 2.40. The molecule has 2 saturated heterocycles. The predicted molar refractivity (Wildman–Crippen MR) is 126 cm³/mol. The Morgan fingerprint density at radius 3 is 2.53 bits per heavy atom.